The molecular formula is C9H7ClN2O4. The van der Waals surface area contributed by atoms with Crippen LogP contribution in [0.5, 0.6) is 0 Å². The summed E-state index contributed by atoms with van der Waals surface area (Å²) in [4.78, 5) is 20.9. The number of halogens is 1. The Labute approximate surface area is 95.3 Å². The van der Waals surface area contributed by atoms with Crippen molar-refractivity contribution in [1.29, 1.82) is 0 Å². The third-order valence-corrected chi connectivity index (χ3v) is 2.58. The third kappa shape index (κ3) is 1.92. The molecule has 6 nitrogen and oxygen atoms in total. The molecule has 1 fully saturated rings. The van der Waals surface area contributed by atoms with Crippen molar-refractivity contribution in [2.45, 2.75) is 6.04 Å². The molecule has 1 N–H and O–H groups in total. The number of hydrogen-bond donors (Lipinski definition) is 1. The monoisotopic (exact) mass is 242 g/mol. The summed E-state index contributed by atoms with van der Waals surface area (Å²) in [7, 11) is 0. The molecular weight excluding hydrogens is 236 g/mol. The van der Waals surface area contributed by atoms with Gasteiger partial charge in [0.05, 0.1) is 11.0 Å². The maximum atomic E-state index is 10.8. The number of hydrogen-bond acceptors (Lipinski definition) is 4. The summed E-state index contributed by atoms with van der Waals surface area (Å²) < 4.78 is 4.70. The Balaban J connectivity index is 2.35. The molecule has 0 aromatic heterocycles. The minimum absolute atomic E-state index is 0.0689. The van der Waals surface area contributed by atoms with Gasteiger partial charge < -0.3 is 10.1 Å². The van der Waals surface area contributed by atoms with E-state index in [-0.39, 0.29) is 12.3 Å². The number of ether oxygens (including phenoxy) is 1. The Morgan fingerprint density at radius 2 is 2.31 bits per heavy atom. The lowest BCUT2D eigenvalue weighted by Gasteiger charge is -2.09. The number of nitrogens with zero attached hydrogens (tertiary/aromatic N) is 1. The van der Waals surface area contributed by atoms with Gasteiger partial charge >= 0.3 is 6.09 Å². The van der Waals surface area contributed by atoms with E-state index in [2.05, 4.69) is 5.32 Å². The van der Waals surface area contributed by atoms with Crippen LogP contribution < -0.4 is 5.32 Å². The van der Waals surface area contributed by atoms with Crippen molar-refractivity contribution in [3.05, 3.63) is 38.9 Å². The van der Waals surface area contributed by atoms with Crippen molar-refractivity contribution in [3.63, 3.8) is 0 Å². The summed E-state index contributed by atoms with van der Waals surface area (Å²) in [5.74, 6) is 0. The van der Waals surface area contributed by atoms with Crippen LogP contribution in [0.3, 0.4) is 0 Å². The average Bonchev–Trinajstić information content (AvgIpc) is 2.65. The van der Waals surface area contributed by atoms with Gasteiger partial charge in [-0.2, -0.15) is 0 Å². The second-order valence-electron chi connectivity index (χ2n) is 3.26. The largest absolute Gasteiger partial charge is 0.447 e. The van der Waals surface area contributed by atoms with Gasteiger partial charge in [-0.1, -0.05) is 11.6 Å². The number of alkyl carbamates (subject to hydrolysis) is 1. The highest BCUT2D eigenvalue weighted by atomic mass is 35.5. The fraction of sp³-hybridized carbons (Fsp3) is 0.222. The van der Waals surface area contributed by atoms with Gasteiger partial charge in [-0.15, -0.1) is 0 Å². The van der Waals surface area contributed by atoms with Gasteiger partial charge in [0.2, 0.25) is 0 Å². The fourth-order valence-electron chi connectivity index (χ4n) is 1.46. The van der Waals surface area contributed by atoms with E-state index in [9.17, 15) is 14.9 Å². The predicted molar refractivity (Wildman–Crippen MR) is 55.3 cm³/mol. The zero-order valence-corrected chi connectivity index (χ0v) is 8.73. The molecule has 84 valence electrons. The van der Waals surface area contributed by atoms with Crippen LogP contribution >= 0.6 is 11.6 Å². The maximum Gasteiger partial charge on any atom is 0.407 e. The van der Waals surface area contributed by atoms with Crippen LogP contribution in [-0.4, -0.2) is 17.6 Å². The first-order valence-electron chi connectivity index (χ1n) is 4.45. The maximum absolute atomic E-state index is 10.8. The summed E-state index contributed by atoms with van der Waals surface area (Å²) >= 11 is 5.90. The van der Waals surface area contributed by atoms with Crippen LogP contribution in [-0.2, 0) is 4.74 Å². The molecule has 1 aliphatic heterocycles. The van der Waals surface area contributed by atoms with Gasteiger partial charge in [-0.25, -0.2) is 4.79 Å². The van der Waals surface area contributed by atoms with Crippen molar-refractivity contribution in [1.82, 2.24) is 5.32 Å². The van der Waals surface area contributed by atoms with Gasteiger partial charge in [0, 0.05) is 22.7 Å². The van der Waals surface area contributed by atoms with Crippen molar-refractivity contribution < 1.29 is 14.5 Å². The van der Waals surface area contributed by atoms with Crippen molar-refractivity contribution in [3.8, 4) is 0 Å². The Morgan fingerprint density at radius 3 is 2.88 bits per heavy atom. The molecule has 16 heavy (non-hydrogen) atoms. The number of non-ortho nitro benzene ring substituents is 1. The van der Waals surface area contributed by atoms with E-state index in [0.29, 0.717) is 10.6 Å². The summed E-state index contributed by atoms with van der Waals surface area (Å²) in [6.07, 6.45) is -0.549. The molecule has 0 aliphatic carbocycles. The van der Waals surface area contributed by atoms with E-state index in [1.807, 2.05) is 0 Å². The number of nitrogens with one attached hydrogen (secondary N) is 1. The van der Waals surface area contributed by atoms with Gasteiger partial charge in [0.25, 0.3) is 5.69 Å². The first-order valence-corrected chi connectivity index (χ1v) is 4.83. The molecule has 0 spiro atoms. The molecule has 1 aliphatic rings. The van der Waals surface area contributed by atoms with E-state index in [0.717, 1.165) is 0 Å². The number of amides is 1. The number of nitro groups is 1. The van der Waals surface area contributed by atoms with E-state index < -0.39 is 17.1 Å². The van der Waals surface area contributed by atoms with Crippen LogP contribution in [0.1, 0.15) is 11.6 Å². The molecule has 1 saturated heterocycles. The summed E-state index contributed by atoms with van der Waals surface area (Å²) in [5, 5.41) is 13.5. The zero-order chi connectivity index (χ0) is 11.7. The number of carbonyl (C=O) groups excluding carboxylic acids is 1. The van der Waals surface area contributed by atoms with E-state index in [4.69, 9.17) is 16.3 Å². The SMILES string of the molecule is O=C1NC(c2cc([N+](=O)[O-])ccc2Cl)CO1. The van der Waals surface area contributed by atoms with E-state index in [1.165, 1.54) is 18.2 Å². The summed E-state index contributed by atoms with van der Waals surface area (Å²) in [6, 6.07) is 3.64. The number of cyclic esters (lactones) is 1. The molecule has 0 saturated carbocycles. The second-order valence-corrected chi connectivity index (χ2v) is 3.67. The number of benzene rings is 1. The Morgan fingerprint density at radius 1 is 1.56 bits per heavy atom. The smallest absolute Gasteiger partial charge is 0.407 e. The van der Waals surface area contributed by atoms with E-state index in [1.54, 1.807) is 0 Å². The van der Waals surface area contributed by atoms with Gasteiger partial charge in [0.15, 0.2) is 0 Å². The molecule has 1 amide bonds. The highest BCUT2D eigenvalue weighted by Crippen LogP contribution is 2.29. The van der Waals surface area contributed by atoms with Crippen LogP contribution in [0.2, 0.25) is 5.02 Å². The molecule has 2 rings (SSSR count). The highest BCUT2D eigenvalue weighted by Gasteiger charge is 2.26. The molecule has 7 heteroatoms. The van der Waals surface area contributed by atoms with Crippen LogP contribution in [0.25, 0.3) is 0 Å². The van der Waals surface area contributed by atoms with Crippen LogP contribution in [0.4, 0.5) is 10.5 Å². The molecule has 0 radical (unpaired) electrons. The first-order chi connectivity index (χ1) is 7.58. The lowest BCUT2D eigenvalue weighted by molar-refractivity contribution is -0.384. The van der Waals surface area contributed by atoms with E-state index >= 15 is 0 Å². The summed E-state index contributed by atoms with van der Waals surface area (Å²) in [6.45, 7) is 0.125. The average molecular weight is 243 g/mol. The lowest BCUT2D eigenvalue weighted by atomic mass is 10.1. The molecule has 1 aromatic rings. The van der Waals surface area contributed by atoms with Crippen LogP contribution in [0.15, 0.2) is 18.2 Å². The predicted octanol–water partition coefficient (Wildman–Crippen LogP) is 2.03. The molecule has 1 aromatic carbocycles. The lowest BCUT2D eigenvalue weighted by Crippen LogP contribution is -2.18. The fourth-order valence-corrected chi connectivity index (χ4v) is 1.71. The Bertz CT molecular complexity index is 463. The summed E-state index contributed by atoms with van der Waals surface area (Å²) in [5.41, 5.74) is 0.419. The number of nitro benzene ring substituents is 1. The van der Waals surface area contributed by atoms with Crippen LogP contribution in [0, 0.1) is 10.1 Å². The minimum atomic E-state index is -0.549. The molecule has 1 unspecified atom stereocenters. The number of carbonyl (C=O) groups is 1. The topological polar surface area (TPSA) is 81.5 Å². The quantitative estimate of drug-likeness (QED) is 0.635. The first kappa shape index (κ1) is 10.7. The Kier molecular flexibility index (Phi) is 2.66. The zero-order valence-electron chi connectivity index (χ0n) is 7.97. The van der Waals surface area contributed by atoms with Crippen molar-refractivity contribution >= 4 is 23.4 Å². The van der Waals surface area contributed by atoms with Gasteiger partial charge in [0.1, 0.15) is 6.61 Å². The highest BCUT2D eigenvalue weighted by molar-refractivity contribution is 6.31. The second kappa shape index (κ2) is 3.97. The van der Waals surface area contributed by atoms with Gasteiger partial charge in [-0.05, 0) is 6.07 Å². The molecule has 1 atom stereocenters. The minimum Gasteiger partial charge on any atom is -0.447 e. The normalized spacial score (nSPS) is 19.1. The standard InChI is InChI=1S/C9H7ClN2O4/c10-7-2-1-5(12(14)15)3-6(7)8-4-16-9(13)11-8/h1-3,8H,4H2,(H,11,13). The third-order valence-electron chi connectivity index (χ3n) is 2.24. The molecule has 0 bridgehead atoms. The van der Waals surface area contributed by atoms with Crippen molar-refractivity contribution in [2.24, 2.45) is 0 Å². The number of rotatable bonds is 2. The Hall–Kier alpha value is -1.82. The van der Waals surface area contributed by atoms with Crippen molar-refractivity contribution in [2.75, 3.05) is 6.61 Å². The van der Waals surface area contributed by atoms with Gasteiger partial charge in [-0.3, -0.25) is 10.1 Å². The molecule has 1 heterocycles.